The van der Waals surface area contributed by atoms with E-state index in [1.807, 2.05) is 49.4 Å². The fourth-order valence-electron chi connectivity index (χ4n) is 3.34. The van der Waals surface area contributed by atoms with Gasteiger partial charge >= 0.3 is 0 Å². The van der Waals surface area contributed by atoms with Gasteiger partial charge in [-0.2, -0.15) is 0 Å². The molecule has 146 valence electrons. The summed E-state index contributed by atoms with van der Waals surface area (Å²) in [7, 11) is 0. The van der Waals surface area contributed by atoms with E-state index in [1.54, 1.807) is 0 Å². The molecule has 0 amide bonds. The molecule has 1 fully saturated rings. The molecular formula is C21H25BrO5. The molecule has 2 aromatic rings. The average Bonchev–Trinajstić information content (AvgIpc) is 2.67. The largest absolute Gasteiger partial charge is 0.494 e. The highest BCUT2D eigenvalue weighted by atomic mass is 79.9. The van der Waals surface area contributed by atoms with E-state index in [1.165, 1.54) is 0 Å². The lowest BCUT2D eigenvalue weighted by atomic mass is 9.92. The van der Waals surface area contributed by atoms with Crippen LogP contribution in [0.4, 0.5) is 0 Å². The normalized spacial score (nSPS) is 25.4. The lowest BCUT2D eigenvalue weighted by Crippen LogP contribution is -2.44. The quantitative estimate of drug-likeness (QED) is 0.648. The third-order valence-electron chi connectivity index (χ3n) is 4.78. The van der Waals surface area contributed by atoms with Gasteiger partial charge in [0.25, 0.3) is 0 Å². The van der Waals surface area contributed by atoms with Gasteiger partial charge < -0.3 is 24.8 Å². The third kappa shape index (κ3) is 4.89. The molecule has 0 bridgehead atoms. The second kappa shape index (κ2) is 9.17. The Hall–Kier alpha value is -1.44. The molecule has 2 aromatic carbocycles. The molecule has 1 aliphatic heterocycles. The summed E-state index contributed by atoms with van der Waals surface area (Å²) >= 11 is 3.59. The van der Waals surface area contributed by atoms with Crippen molar-refractivity contribution < 1.29 is 24.8 Å². The lowest BCUT2D eigenvalue weighted by molar-refractivity contribution is -0.179. The Labute approximate surface area is 167 Å². The van der Waals surface area contributed by atoms with Gasteiger partial charge in [-0.15, -0.1) is 0 Å². The van der Waals surface area contributed by atoms with Gasteiger partial charge in [-0.1, -0.05) is 40.2 Å². The number of hydrogen-bond donors (Lipinski definition) is 3. The summed E-state index contributed by atoms with van der Waals surface area (Å²) in [6.07, 6.45) is -2.16. The average molecular weight is 437 g/mol. The van der Waals surface area contributed by atoms with Crippen molar-refractivity contribution in [3.05, 3.63) is 63.6 Å². The lowest BCUT2D eigenvalue weighted by Gasteiger charge is -2.37. The Bertz CT molecular complexity index is 749. The van der Waals surface area contributed by atoms with Crippen LogP contribution >= 0.6 is 15.9 Å². The number of aliphatic hydroxyl groups excluding tert-OH is 3. The van der Waals surface area contributed by atoms with Crippen molar-refractivity contribution in [2.24, 2.45) is 0 Å². The maximum absolute atomic E-state index is 10.4. The van der Waals surface area contributed by atoms with Crippen molar-refractivity contribution in [2.45, 2.75) is 44.2 Å². The van der Waals surface area contributed by atoms with E-state index in [0.717, 1.165) is 26.9 Å². The molecule has 3 N–H and O–H groups in total. The standard InChI is InChI=1S/C21H25BrO5/c1-2-26-16-6-3-13(4-7-16)9-15-10-14(5-8-18(15)22)21-20(25)19(24)11-17(12-23)27-21/h3-8,10,17,19-21,23-25H,2,9,11-12H2,1H3/t17-,19-,20+,21-/m0/s1. The van der Waals surface area contributed by atoms with Crippen LogP contribution in [-0.4, -0.2) is 46.8 Å². The van der Waals surface area contributed by atoms with E-state index in [2.05, 4.69) is 15.9 Å². The Kier molecular flexibility index (Phi) is 6.89. The van der Waals surface area contributed by atoms with Gasteiger partial charge in [-0.3, -0.25) is 0 Å². The summed E-state index contributed by atoms with van der Waals surface area (Å²) in [4.78, 5) is 0. The van der Waals surface area contributed by atoms with Crippen LogP contribution in [0.1, 0.15) is 36.1 Å². The highest BCUT2D eigenvalue weighted by molar-refractivity contribution is 9.10. The van der Waals surface area contributed by atoms with Crippen molar-refractivity contribution in [1.29, 1.82) is 0 Å². The molecule has 3 rings (SSSR count). The van der Waals surface area contributed by atoms with Crippen molar-refractivity contribution >= 4 is 15.9 Å². The minimum absolute atomic E-state index is 0.185. The van der Waals surface area contributed by atoms with Gasteiger partial charge in [0.2, 0.25) is 0 Å². The van der Waals surface area contributed by atoms with Crippen LogP contribution in [0, 0.1) is 0 Å². The molecule has 1 saturated heterocycles. The molecule has 0 aromatic heterocycles. The molecule has 27 heavy (non-hydrogen) atoms. The minimum atomic E-state index is -1.02. The van der Waals surface area contributed by atoms with E-state index in [0.29, 0.717) is 13.0 Å². The first-order valence-corrected chi connectivity index (χ1v) is 9.93. The molecule has 5 nitrogen and oxygen atoms in total. The van der Waals surface area contributed by atoms with Crippen LogP contribution in [0.5, 0.6) is 5.75 Å². The van der Waals surface area contributed by atoms with Gasteiger partial charge in [0.15, 0.2) is 0 Å². The van der Waals surface area contributed by atoms with E-state index in [9.17, 15) is 15.3 Å². The molecule has 4 atom stereocenters. The number of ether oxygens (including phenoxy) is 2. The Morgan fingerprint density at radius 3 is 2.56 bits per heavy atom. The van der Waals surface area contributed by atoms with Gasteiger partial charge in [0, 0.05) is 10.9 Å². The molecule has 0 aliphatic carbocycles. The van der Waals surface area contributed by atoms with Crippen LogP contribution in [0.2, 0.25) is 0 Å². The Morgan fingerprint density at radius 1 is 1.15 bits per heavy atom. The summed E-state index contributed by atoms with van der Waals surface area (Å²) in [5, 5.41) is 29.8. The zero-order valence-electron chi connectivity index (χ0n) is 15.2. The Balaban J connectivity index is 1.81. The minimum Gasteiger partial charge on any atom is -0.494 e. The molecule has 0 spiro atoms. The Morgan fingerprint density at radius 2 is 1.89 bits per heavy atom. The summed E-state index contributed by atoms with van der Waals surface area (Å²) < 4.78 is 12.2. The van der Waals surface area contributed by atoms with E-state index in [4.69, 9.17) is 9.47 Å². The second-order valence-corrected chi connectivity index (χ2v) is 7.61. The first-order valence-electron chi connectivity index (χ1n) is 9.14. The van der Waals surface area contributed by atoms with Crippen molar-refractivity contribution in [3.63, 3.8) is 0 Å². The fraction of sp³-hybridized carbons (Fsp3) is 0.429. The van der Waals surface area contributed by atoms with Crippen LogP contribution in [0.15, 0.2) is 46.9 Å². The summed E-state index contributed by atoms with van der Waals surface area (Å²) in [5.74, 6) is 0.844. The van der Waals surface area contributed by atoms with Crippen molar-refractivity contribution in [1.82, 2.24) is 0 Å². The molecule has 0 radical (unpaired) electrons. The summed E-state index contributed by atoms with van der Waals surface area (Å²) in [5.41, 5.74) is 2.96. The fourth-order valence-corrected chi connectivity index (χ4v) is 3.73. The molecule has 0 saturated carbocycles. The van der Waals surface area contributed by atoms with Crippen LogP contribution in [0.25, 0.3) is 0 Å². The number of rotatable bonds is 6. The maximum Gasteiger partial charge on any atom is 0.119 e. The van der Waals surface area contributed by atoms with E-state index in [-0.39, 0.29) is 13.0 Å². The summed E-state index contributed by atoms with van der Waals surface area (Å²) in [6, 6.07) is 13.7. The predicted octanol–water partition coefficient (Wildman–Crippen LogP) is 2.98. The highest BCUT2D eigenvalue weighted by Gasteiger charge is 2.37. The molecule has 1 aliphatic rings. The first-order chi connectivity index (χ1) is 13.0. The molecular weight excluding hydrogens is 412 g/mol. The third-order valence-corrected chi connectivity index (χ3v) is 5.55. The molecule has 6 heteroatoms. The van der Waals surface area contributed by atoms with E-state index >= 15 is 0 Å². The smallest absolute Gasteiger partial charge is 0.119 e. The number of aliphatic hydroxyl groups is 3. The molecule has 0 unspecified atom stereocenters. The first kappa shape index (κ1) is 20.3. The zero-order chi connectivity index (χ0) is 19.4. The monoisotopic (exact) mass is 436 g/mol. The van der Waals surface area contributed by atoms with Crippen LogP contribution in [-0.2, 0) is 11.2 Å². The highest BCUT2D eigenvalue weighted by Crippen LogP contribution is 2.34. The molecule has 1 heterocycles. The number of hydrogen-bond acceptors (Lipinski definition) is 5. The van der Waals surface area contributed by atoms with Crippen molar-refractivity contribution in [3.8, 4) is 5.75 Å². The van der Waals surface area contributed by atoms with Gasteiger partial charge in [-0.05, 0) is 48.2 Å². The van der Waals surface area contributed by atoms with Crippen molar-refractivity contribution in [2.75, 3.05) is 13.2 Å². The number of benzene rings is 2. The second-order valence-electron chi connectivity index (χ2n) is 6.76. The van der Waals surface area contributed by atoms with Gasteiger partial charge in [0.05, 0.1) is 25.4 Å². The zero-order valence-corrected chi connectivity index (χ0v) is 16.8. The van der Waals surface area contributed by atoms with Gasteiger partial charge in [0.1, 0.15) is 18.0 Å². The van der Waals surface area contributed by atoms with Gasteiger partial charge in [-0.25, -0.2) is 0 Å². The SMILES string of the molecule is CCOc1ccc(Cc2cc([C@@H]3O[C@H](CO)C[C@H](O)[C@H]3O)ccc2Br)cc1. The number of halogens is 1. The van der Waals surface area contributed by atoms with Crippen LogP contribution < -0.4 is 4.74 Å². The maximum atomic E-state index is 10.4. The summed E-state index contributed by atoms with van der Waals surface area (Å²) in [6.45, 7) is 2.41. The topological polar surface area (TPSA) is 79.2 Å². The van der Waals surface area contributed by atoms with Crippen LogP contribution in [0.3, 0.4) is 0 Å². The van der Waals surface area contributed by atoms with E-state index < -0.39 is 24.4 Å². The predicted molar refractivity (Wildman–Crippen MR) is 106 cm³/mol.